The molecule has 4 N–H and O–H groups in total. The smallest absolute Gasteiger partial charge is 0.306 e. The van der Waals surface area contributed by atoms with Crippen molar-refractivity contribution in [1.29, 1.82) is 0 Å². The molecule has 0 spiro atoms. The number of aliphatic carboxylic acids is 1. The Morgan fingerprint density at radius 3 is 2.23 bits per heavy atom. The van der Waals surface area contributed by atoms with Gasteiger partial charge in [0.2, 0.25) is 0 Å². The molecule has 0 heterocycles. The Morgan fingerprint density at radius 1 is 1.46 bits per heavy atom. The predicted molar refractivity (Wildman–Crippen MR) is 50.3 cm³/mol. The van der Waals surface area contributed by atoms with Crippen LogP contribution in [0.3, 0.4) is 0 Å². The fourth-order valence-electron chi connectivity index (χ4n) is 1.17. The van der Waals surface area contributed by atoms with E-state index in [1.807, 2.05) is 20.8 Å². The first-order valence-electron chi connectivity index (χ1n) is 4.38. The van der Waals surface area contributed by atoms with E-state index in [0.29, 0.717) is 6.42 Å². The van der Waals surface area contributed by atoms with Crippen LogP contribution in [0.2, 0.25) is 0 Å². The highest BCUT2D eigenvalue weighted by Gasteiger charge is 2.23. The third-order valence-electron chi connectivity index (χ3n) is 1.73. The van der Waals surface area contributed by atoms with E-state index in [0.717, 1.165) is 0 Å². The number of hydrogen-bond acceptors (Lipinski definition) is 3. The molecule has 0 radical (unpaired) electrons. The molecule has 0 aliphatic heterocycles. The van der Waals surface area contributed by atoms with Crippen molar-refractivity contribution in [1.82, 2.24) is 0 Å². The van der Waals surface area contributed by atoms with Crippen LogP contribution in [0.25, 0.3) is 0 Å². The highest BCUT2D eigenvalue weighted by molar-refractivity contribution is 5.67. The summed E-state index contributed by atoms with van der Waals surface area (Å²) >= 11 is 0. The van der Waals surface area contributed by atoms with Gasteiger partial charge in [0.25, 0.3) is 0 Å². The second-order valence-electron chi connectivity index (χ2n) is 4.59. The van der Waals surface area contributed by atoms with Crippen molar-refractivity contribution in [2.24, 2.45) is 11.1 Å². The van der Waals surface area contributed by atoms with E-state index >= 15 is 0 Å². The van der Waals surface area contributed by atoms with Crippen molar-refractivity contribution in [2.45, 2.75) is 45.8 Å². The highest BCUT2D eigenvalue weighted by Crippen LogP contribution is 2.21. The van der Waals surface area contributed by atoms with E-state index in [2.05, 4.69) is 0 Å². The summed E-state index contributed by atoms with van der Waals surface area (Å²) in [6.07, 6.45) is -0.615. The molecule has 0 saturated carbocycles. The van der Waals surface area contributed by atoms with Gasteiger partial charge in [0, 0.05) is 6.04 Å². The van der Waals surface area contributed by atoms with Gasteiger partial charge in [-0.2, -0.15) is 0 Å². The monoisotopic (exact) mass is 189 g/mol. The van der Waals surface area contributed by atoms with Crippen molar-refractivity contribution >= 4 is 5.97 Å². The van der Waals surface area contributed by atoms with Crippen molar-refractivity contribution in [2.75, 3.05) is 0 Å². The lowest BCUT2D eigenvalue weighted by atomic mass is 9.86. The summed E-state index contributed by atoms with van der Waals surface area (Å²) in [5.74, 6) is -1.02. The molecule has 2 unspecified atom stereocenters. The predicted octanol–water partition coefficient (Wildman–Crippen LogP) is 0.586. The second-order valence-corrected chi connectivity index (χ2v) is 4.59. The van der Waals surface area contributed by atoms with Crippen LogP contribution in [0.1, 0.15) is 33.6 Å². The summed E-state index contributed by atoms with van der Waals surface area (Å²) in [6, 6.07) is -0.462. The van der Waals surface area contributed by atoms with E-state index in [-0.39, 0.29) is 11.8 Å². The SMILES string of the molecule is CC(C)(C)CC(N)C(O)CC(=O)O. The molecule has 0 aliphatic carbocycles. The molecule has 0 bridgehead atoms. The van der Waals surface area contributed by atoms with Gasteiger partial charge in [0.15, 0.2) is 0 Å². The van der Waals surface area contributed by atoms with Crippen molar-refractivity contribution in [3.05, 3.63) is 0 Å². The zero-order valence-corrected chi connectivity index (χ0v) is 8.45. The van der Waals surface area contributed by atoms with Crippen LogP contribution < -0.4 is 5.73 Å². The number of hydrogen-bond donors (Lipinski definition) is 3. The highest BCUT2D eigenvalue weighted by atomic mass is 16.4. The maximum absolute atomic E-state index is 10.3. The van der Waals surface area contributed by atoms with Gasteiger partial charge < -0.3 is 15.9 Å². The van der Waals surface area contributed by atoms with Gasteiger partial charge in [-0.05, 0) is 11.8 Å². The summed E-state index contributed by atoms with van der Waals surface area (Å²) in [4.78, 5) is 10.3. The Morgan fingerprint density at radius 2 is 1.92 bits per heavy atom. The van der Waals surface area contributed by atoms with Gasteiger partial charge in [-0.25, -0.2) is 0 Å². The minimum absolute atomic E-state index is 0.0128. The third kappa shape index (κ3) is 6.54. The first-order valence-corrected chi connectivity index (χ1v) is 4.38. The lowest BCUT2D eigenvalue weighted by Crippen LogP contribution is -2.39. The molecule has 78 valence electrons. The van der Waals surface area contributed by atoms with Crippen molar-refractivity contribution in [3.8, 4) is 0 Å². The van der Waals surface area contributed by atoms with E-state index in [1.54, 1.807) is 0 Å². The summed E-state index contributed by atoms with van der Waals surface area (Å²) in [5, 5.41) is 17.8. The van der Waals surface area contributed by atoms with Crippen LogP contribution in [-0.2, 0) is 4.79 Å². The average Bonchev–Trinajstić information content (AvgIpc) is 1.81. The Labute approximate surface area is 78.7 Å². The first kappa shape index (κ1) is 12.4. The number of carboxylic acids is 1. The summed E-state index contributed by atoms with van der Waals surface area (Å²) in [7, 11) is 0. The molecule has 0 aromatic heterocycles. The van der Waals surface area contributed by atoms with Gasteiger partial charge in [0.05, 0.1) is 12.5 Å². The van der Waals surface area contributed by atoms with Crippen molar-refractivity contribution < 1.29 is 15.0 Å². The lowest BCUT2D eigenvalue weighted by molar-refractivity contribution is -0.139. The van der Waals surface area contributed by atoms with Crippen LogP contribution >= 0.6 is 0 Å². The zero-order valence-electron chi connectivity index (χ0n) is 8.45. The van der Waals surface area contributed by atoms with Crippen LogP contribution in [0.4, 0.5) is 0 Å². The Balaban J connectivity index is 3.96. The van der Waals surface area contributed by atoms with Gasteiger partial charge in [-0.15, -0.1) is 0 Å². The molecular weight excluding hydrogens is 170 g/mol. The maximum Gasteiger partial charge on any atom is 0.306 e. The molecule has 0 rings (SSSR count). The lowest BCUT2D eigenvalue weighted by Gasteiger charge is -2.25. The first-order chi connectivity index (χ1) is 5.72. The standard InChI is InChI=1S/C9H19NO3/c1-9(2,3)5-6(10)7(11)4-8(12)13/h6-7,11H,4-5,10H2,1-3H3,(H,12,13). The Hall–Kier alpha value is -0.610. The third-order valence-corrected chi connectivity index (χ3v) is 1.73. The van der Waals surface area contributed by atoms with Crippen LogP contribution in [0, 0.1) is 5.41 Å². The maximum atomic E-state index is 10.3. The summed E-state index contributed by atoms with van der Waals surface area (Å²) in [6.45, 7) is 6.00. The van der Waals surface area contributed by atoms with Crippen LogP contribution in [-0.4, -0.2) is 28.3 Å². The van der Waals surface area contributed by atoms with Gasteiger partial charge in [-0.1, -0.05) is 20.8 Å². The molecule has 13 heavy (non-hydrogen) atoms. The molecular formula is C9H19NO3. The molecule has 0 aromatic rings. The van der Waals surface area contributed by atoms with Crippen molar-refractivity contribution in [3.63, 3.8) is 0 Å². The summed E-state index contributed by atoms with van der Waals surface area (Å²) < 4.78 is 0. The van der Waals surface area contributed by atoms with Gasteiger partial charge >= 0.3 is 5.97 Å². The minimum atomic E-state index is -1.02. The molecule has 4 nitrogen and oxygen atoms in total. The number of aliphatic hydroxyl groups is 1. The fourth-order valence-corrected chi connectivity index (χ4v) is 1.17. The molecule has 4 heteroatoms. The zero-order chi connectivity index (χ0) is 10.6. The van der Waals surface area contributed by atoms with E-state index < -0.39 is 18.1 Å². The minimum Gasteiger partial charge on any atom is -0.481 e. The van der Waals surface area contributed by atoms with Gasteiger partial charge in [0.1, 0.15) is 0 Å². The molecule has 0 amide bonds. The number of rotatable bonds is 4. The van der Waals surface area contributed by atoms with Crippen LogP contribution in [0.15, 0.2) is 0 Å². The average molecular weight is 189 g/mol. The number of aliphatic hydroxyl groups excluding tert-OH is 1. The number of carboxylic acid groups (broad SMARTS) is 1. The molecule has 0 aliphatic rings. The van der Waals surface area contributed by atoms with E-state index in [1.165, 1.54) is 0 Å². The molecule has 0 aromatic carbocycles. The van der Waals surface area contributed by atoms with Crippen LogP contribution in [0.5, 0.6) is 0 Å². The van der Waals surface area contributed by atoms with Gasteiger partial charge in [-0.3, -0.25) is 4.79 Å². The molecule has 0 fully saturated rings. The number of carbonyl (C=O) groups is 1. The largest absolute Gasteiger partial charge is 0.481 e. The number of nitrogens with two attached hydrogens (primary N) is 1. The Kier molecular flexibility index (Phi) is 4.36. The fraction of sp³-hybridized carbons (Fsp3) is 0.889. The Bertz CT molecular complexity index is 174. The molecule has 0 saturated heterocycles. The second kappa shape index (κ2) is 4.58. The van der Waals surface area contributed by atoms with E-state index in [9.17, 15) is 9.90 Å². The van der Waals surface area contributed by atoms with E-state index in [4.69, 9.17) is 10.8 Å². The topological polar surface area (TPSA) is 83.5 Å². The summed E-state index contributed by atoms with van der Waals surface area (Å²) in [5.41, 5.74) is 5.65. The molecule has 2 atom stereocenters. The quantitative estimate of drug-likeness (QED) is 0.604. The normalized spacial score (nSPS) is 16.7.